The van der Waals surface area contributed by atoms with Crippen LogP contribution in [0, 0.1) is 0 Å². The predicted octanol–water partition coefficient (Wildman–Crippen LogP) is 0.459. The van der Waals surface area contributed by atoms with Gasteiger partial charge in [-0.25, -0.2) is 13.4 Å². The molecule has 84 valence electrons. The van der Waals surface area contributed by atoms with Gasteiger partial charge in [-0.1, -0.05) is 0 Å². The fourth-order valence-electron chi connectivity index (χ4n) is 1.77. The number of sulfone groups is 1. The molecular weight excluding hydrogens is 218 g/mol. The van der Waals surface area contributed by atoms with E-state index >= 15 is 0 Å². The van der Waals surface area contributed by atoms with Crippen molar-refractivity contribution < 1.29 is 17.9 Å². The van der Waals surface area contributed by atoms with E-state index in [0.29, 0.717) is 18.7 Å². The number of hydrogen-bond donors (Lipinski definition) is 1. The maximum absolute atomic E-state index is 11.2. The zero-order valence-corrected chi connectivity index (χ0v) is 9.03. The minimum Gasteiger partial charge on any atom is -0.446 e. The lowest BCUT2D eigenvalue weighted by Gasteiger charge is -2.19. The molecule has 0 aromatic carbocycles. The van der Waals surface area contributed by atoms with Crippen molar-refractivity contribution in [3.05, 3.63) is 17.8 Å². The first-order valence-electron chi connectivity index (χ1n) is 4.86. The molecular formula is C9H13NO4S. The predicted molar refractivity (Wildman–Crippen MR) is 53.1 cm³/mol. The third-order valence-corrected chi connectivity index (χ3v) is 4.39. The lowest BCUT2D eigenvalue weighted by atomic mass is 10.00. The van der Waals surface area contributed by atoms with Gasteiger partial charge in [-0.3, -0.25) is 0 Å². The summed E-state index contributed by atoms with van der Waals surface area (Å²) in [4.78, 5) is 4.09. The highest BCUT2D eigenvalue weighted by molar-refractivity contribution is 7.91. The first-order valence-corrected chi connectivity index (χ1v) is 6.68. The van der Waals surface area contributed by atoms with Gasteiger partial charge in [0.2, 0.25) is 5.89 Å². The molecule has 1 aliphatic heterocycles. The molecule has 1 saturated heterocycles. The lowest BCUT2D eigenvalue weighted by molar-refractivity contribution is 0.240. The third-order valence-electron chi connectivity index (χ3n) is 2.68. The third kappa shape index (κ3) is 2.38. The Kier molecular flexibility index (Phi) is 2.79. The average molecular weight is 231 g/mol. The van der Waals surface area contributed by atoms with E-state index in [-0.39, 0.29) is 24.0 Å². The summed E-state index contributed by atoms with van der Waals surface area (Å²) >= 11 is 0. The zero-order valence-electron chi connectivity index (χ0n) is 8.22. The first-order chi connectivity index (χ1) is 7.11. The average Bonchev–Trinajstić information content (AvgIpc) is 2.66. The lowest BCUT2D eigenvalue weighted by Crippen LogP contribution is -2.22. The minimum atomic E-state index is -2.83. The maximum atomic E-state index is 11.2. The normalized spacial score (nSPS) is 21.7. The number of oxazole rings is 1. The fourth-order valence-corrected chi connectivity index (χ4v) is 3.26. The Labute approximate surface area is 88.0 Å². The molecule has 6 heteroatoms. The minimum absolute atomic E-state index is 0.151. The second-order valence-electron chi connectivity index (χ2n) is 3.75. The van der Waals surface area contributed by atoms with E-state index in [0.717, 1.165) is 5.69 Å². The van der Waals surface area contributed by atoms with E-state index < -0.39 is 9.84 Å². The van der Waals surface area contributed by atoms with Gasteiger partial charge in [0.25, 0.3) is 0 Å². The molecule has 1 aromatic rings. The van der Waals surface area contributed by atoms with Crippen LogP contribution in [0.1, 0.15) is 30.3 Å². The molecule has 0 radical (unpaired) electrons. The molecule has 1 N–H and O–H groups in total. The molecule has 5 nitrogen and oxygen atoms in total. The standard InChI is InChI=1S/C9H13NO4S/c11-5-9-10-8(6-14-9)7-1-3-15(12,13)4-2-7/h6-7,11H,1-5H2. The monoisotopic (exact) mass is 231 g/mol. The highest BCUT2D eigenvalue weighted by Gasteiger charge is 2.26. The molecule has 1 aromatic heterocycles. The molecule has 1 fully saturated rings. The van der Waals surface area contributed by atoms with E-state index in [4.69, 9.17) is 9.52 Å². The molecule has 0 bridgehead atoms. The Morgan fingerprint density at radius 2 is 2.13 bits per heavy atom. The summed E-state index contributed by atoms with van der Waals surface area (Å²) in [6, 6.07) is 0. The van der Waals surface area contributed by atoms with Crippen LogP contribution < -0.4 is 0 Å². The van der Waals surface area contributed by atoms with Crippen molar-refractivity contribution >= 4 is 9.84 Å². The molecule has 2 rings (SSSR count). The van der Waals surface area contributed by atoms with Crippen molar-refractivity contribution in [3.8, 4) is 0 Å². The van der Waals surface area contributed by atoms with Crippen LogP contribution in [0.15, 0.2) is 10.7 Å². The number of rotatable bonds is 2. The van der Waals surface area contributed by atoms with Gasteiger partial charge in [-0.15, -0.1) is 0 Å². The van der Waals surface area contributed by atoms with Crippen LogP contribution in [0.2, 0.25) is 0 Å². The SMILES string of the molecule is O=S1(=O)CCC(c2coc(CO)n2)CC1. The molecule has 0 aliphatic carbocycles. The van der Waals surface area contributed by atoms with Crippen LogP contribution in [-0.4, -0.2) is 30.0 Å². The molecule has 0 atom stereocenters. The van der Waals surface area contributed by atoms with Crippen LogP contribution in [0.25, 0.3) is 0 Å². The number of aliphatic hydroxyl groups is 1. The summed E-state index contributed by atoms with van der Waals surface area (Å²) in [7, 11) is -2.83. The van der Waals surface area contributed by atoms with E-state index in [1.807, 2.05) is 0 Å². The van der Waals surface area contributed by atoms with Crippen LogP contribution in [-0.2, 0) is 16.4 Å². The summed E-state index contributed by atoms with van der Waals surface area (Å²) < 4.78 is 27.4. The topological polar surface area (TPSA) is 80.4 Å². The highest BCUT2D eigenvalue weighted by atomic mass is 32.2. The van der Waals surface area contributed by atoms with Crippen molar-refractivity contribution in [2.24, 2.45) is 0 Å². The molecule has 0 amide bonds. The van der Waals surface area contributed by atoms with E-state index in [1.54, 1.807) is 0 Å². The Balaban J connectivity index is 2.07. The van der Waals surface area contributed by atoms with Crippen LogP contribution in [0.3, 0.4) is 0 Å². The molecule has 15 heavy (non-hydrogen) atoms. The van der Waals surface area contributed by atoms with Crippen molar-refractivity contribution in [2.45, 2.75) is 25.4 Å². The molecule has 1 aliphatic rings. The number of nitrogens with zero attached hydrogens (tertiary/aromatic N) is 1. The van der Waals surface area contributed by atoms with Gasteiger partial charge in [0.15, 0.2) is 0 Å². The smallest absolute Gasteiger partial charge is 0.219 e. The number of aliphatic hydroxyl groups excluding tert-OH is 1. The highest BCUT2D eigenvalue weighted by Crippen LogP contribution is 2.28. The summed E-state index contributed by atoms with van der Waals surface area (Å²) in [5, 5.41) is 8.78. The summed E-state index contributed by atoms with van der Waals surface area (Å²) in [5.74, 6) is 0.883. The van der Waals surface area contributed by atoms with Gasteiger partial charge in [-0.05, 0) is 12.8 Å². The first kappa shape index (κ1) is 10.6. The maximum Gasteiger partial charge on any atom is 0.219 e. The van der Waals surface area contributed by atoms with Crippen molar-refractivity contribution in [1.82, 2.24) is 4.98 Å². The van der Waals surface area contributed by atoms with Crippen molar-refractivity contribution in [1.29, 1.82) is 0 Å². The second-order valence-corrected chi connectivity index (χ2v) is 6.05. The van der Waals surface area contributed by atoms with Gasteiger partial charge < -0.3 is 9.52 Å². The summed E-state index contributed by atoms with van der Waals surface area (Å²) in [6.45, 7) is -0.217. The Bertz CT molecular complexity index is 423. The quantitative estimate of drug-likeness (QED) is 0.799. The van der Waals surface area contributed by atoms with Crippen molar-refractivity contribution in [3.63, 3.8) is 0 Å². The van der Waals surface area contributed by atoms with Crippen molar-refractivity contribution in [2.75, 3.05) is 11.5 Å². The summed E-state index contributed by atoms with van der Waals surface area (Å²) in [6.07, 6.45) is 2.70. The zero-order chi connectivity index (χ0) is 10.9. The van der Waals surface area contributed by atoms with Crippen LogP contribution in [0.4, 0.5) is 0 Å². The van der Waals surface area contributed by atoms with Gasteiger partial charge >= 0.3 is 0 Å². The number of hydrogen-bond acceptors (Lipinski definition) is 5. The van der Waals surface area contributed by atoms with Gasteiger partial charge in [-0.2, -0.15) is 0 Å². The Morgan fingerprint density at radius 3 is 2.67 bits per heavy atom. The molecule has 0 spiro atoms. The van der Waals surface area contributed by atoms with E-state index in [1.165, 1.54) is 6.26 Å². The molecule has 2 heterocycles. The molecule has 0 unspecified atom stereocenters. The second kappa shape index (κ2) is 3.94. The van der Waals surface area contributed by atoms with Gasteiger partial charge in [0.1, 0.15) is 22.7 Å². The van der Waals surface area contributed by atoms with Gasteiger partial charge in [0, 0.05) is 5.92 Å². The van der Waals surface area contributed by atoms with Crippen LogP contribution in [0.5, 0.6) is 0 Å². The fraction of sp³-hybridized carbons (Fsp3) is 0.667. The largest absolute Gasteiger partial charge is 0.446 e. The number of aromatic nitrogens is 1. The van der Waals surface area contributed by atoms with Gasteiger partial charge in [0.05, 0.1) is 17.2 Å². The Hall–Kier alpha value is -0.880. The Morgan fingerprint density at radius 1 is 1.47 bits per heavy atom. The summed E-state index contributed by atoms with van der Waals surface area (Å²) in [5.41, 5.74) is 0.758. The van der Waals surface area contributed by atoms with E-state index in [9.17, 15) is 8.42 Å². The van der Waals surface area contributed by atoms with Crippen LogP contribution >= 0.6 is 0 Å². The van der Waals surface area contributed by atoms with E-state index in [2.05, 4.69) is 4.98 Å². The molecule has 0 saturated carbocycles.